The van der Waals surface area contributed by atoms with Gasteiger partial charge < -0.3 is 20.4 Å². The van der Waals surface area contributed by atoms with E-state index in [-0.39, 0.29) is 88.8 Å². The Morgan fingerprint density at radius 1 is 0.223 bits per heavy atom. The number of alkyl halides is 4. The summed E-state index contributed by atoms with van der Waals surface area (Å²) in [5, 5.41) is 15.7. The van der Waals surface area contributed by atoms with Crippen LogP contribution in [0.25, 0.3) is 0 Å². The van der Waals surface area contributed by atoms with Gasteiger partial charge in [-0.15, -0.1) is 46.4 Å². The van der Waals surface area contributed by atoms with E-state index in [1.54, 1.807) is 10.6 Å². The molecule has 0 aromatic heterocycles. The monoisotopic (exact) mass is 2220 g/mol. The largest absolute Gasteiger partial charge is 1.00 e. The average Bonchev–Trinajstić information content (AvgIpc) is 0.794. The normalized spacial score (nSPS) is 12.5. The van der Waals surface area contributed by atoms with E-state index in [0.29, 0.717) is 0 Å². The van der Waals surface area contributed by atoms with E-state index in [1.165, 1.54) is 66.0 Å². The predicted molar refractivity (Wildman–Crippen MR) is 458 cm³/mol. The van der Waals surface area contributed by atoms with Crippen molar-refractivity contribution in [3.05, 3.63) is 303 Å². The van der Waals surface area contributed by atoms with Crippen LogP contribution in [-0.2, 0) is 87.6 Å². The van der Waals surface area contributed by atoms with Crippen LogP contribution < -0.4 is 53.0 Å². The summed E-state index contributed by atoms with van der Waals surface area (Å²) in [6.45, 7) is 11.3. The number of benzene rings is 10. The van der Waals surface area contributed by atoms with Crippen LogP contribution >= 0.6 is 117 Å². The molecule has 0 aliphatic rings. The van der Waals surface area contributed by atoms with Gasteiger partial charge in [-0.25, -0.2) is 0 Å². The summed E-state index contributed by atoms with van der Waals surface area (Å²) in [5.74, 6) is 5.17. The van der Waals surface area contributed by atoms with Gasteiger partial charge in [0.05, 0.1) is 21.3 Å². The van der Waals surface area contributed by atoms with E-state index < -0.39 is 71.0 Å². The minimum absolute atomic E-state index is 0. The molecule has 0 saturated carbocycles. The van der Waals surface area contributed by atoms with Crippen LogP contribution in [0.4, 0.5) is 75.5 Å². The van der Waals surface area contributed by atoms with Gasteiger partial charge in [-0.1, -0.05) is 182 Å². The Bertz CT molecular complexity index is 3320. The zero-order valence-corrected chi connectivity index (χ0v) is 77.3. The smallest absolute Gasteiger partial charge is 0.457 e. The SMILES string of the molecule is CCOCC.CCOCC.ClCCl.ClCCl.F[P-](F)(F)(F)(F)F.F[P-](F)(F)(F)(F)F.F[P-](F)(F)(F)(F)F.[Ag+].[Ag+].[Au+].[OH3+].[OH3+].c1ccc([PH+](C[PH+](c2ccccc2)c2ccccc2)C[PH+](c2ccccc2)c2ccccc2)cc1.c1ccc([PH+](C[PH+](c2ccccc2)c2ccccc2)C[PH+](c2ccccc2)c2ccccc2)cc1. The molecule has 112 heavy (non-hydrogen) atoms. The van der Waals surface area contributed by atoms with Crippen LogP contribution in [0.15, 0.2) is 303 Å². The van der Waals surface area contributed by atoms with Gasteiger partial charge in [0.2, 0.25) is 0 Å². The van der Waals surface area contributed by atoms with Crippen molar-refractivity contribution in [1.82, 2.24) is 0 Å². The summed E-state index contributed by atoms with van der Waals surface area (Å²) < 4.78 is 187. The molecular formula is C74H94Ag2AuCl4F18O4P9+8. The quantitative estimate of drug-likeness (QED) is 0.0223. The van der Waals surface area contributed by atoms with Crippen LogP contribution in [0.1, 0.15) is 27.7 Å². The van der Waals surface area contributed by atoms with Gasteiger partial charge in [0.25, 0.3) is 0 Å². The summed E-state index contributed by atoms with van der Waals surface area (Å²) in [5.41, 5.74) is 0. The third-order valence-electron chi connectivity index (χ3n) is 13.7. The minimum Gasteiger partial charge on any atom is -0.457 e. The maximum atomic E-state index is 9.87. The van der Waals surface area contributed by atoms with Gasteiger partial charge in [-0.3, -0.25) is 0 Å². The van der Waals surface area contributed by atoms with E-state index in [2.05, 4.69) is 303 Å². The van der Waals surface area contributed by atoms with Gasteiger partial charge in [-0.05, 0) is 149 Å². The molecule has 6 N–H and O–H groups in total. The first kappa shape index (κ1) is 116. The third kappa shape index (κ3) is 65.0. The van der Waals surface area contributed by atoms with E-state index in [4.69, 9.17) is 55.9 Å². The molecule has 0 spiro atoms. The Hall–Kier alpha value is -1.97. The average molecular weight is 2220 g/mol. The second-order valence-electron chi connectivity index (χ2n) is 22.1. The van der Waals surface area contributed by atoms with Crippen LogP contribution in [0.2, 0.25) is 0 Å². The van der Waals surface area contributed by atoms with Crippen LogP contribution in [0.3, 0.4) is 0 Å². The summed E-state index contributed by atoms with van der Waals surface area (Å²) in [6, 6.07) is 113. The molecular weight excluding hydrogens is 2130 g/mol. The summed E-state index contributed by atoms with van der Waals surface area (Å²) in [7, 11) is -37.2. The fourth-order valence-electron chi connectivity index (χ4n) is 9.74. The molecule has 0 saturated heterocycles. The first-order valence-corrected chi connectivity index (χ1v) is 51.4. The van der Waals surface area contributed by atoms with Crippen molar-refractivity contribution >= 4 is 170 Å². The Morgan fingerprint density at radius 2 is 0.312 bits per heavy atom. The Morgan fingerprint density at radius 3 is 0.393 bits per heavy atom. The molecule has 0 unspecified atom stereocenters. The van der Waals surface area contributed by atoms with Crippen LogP contribution in [0, 0.1) is 0 Å². The molecule has 10 aromatic carbocycles. The molecule has 0 heterocycles. The number of rotatable bonds is 22. The van der Waals surface area contributed by atoms with Crippen LogP contribution in [-0.4, -0.2) is 60.7 Å². The Balaban J connectivity index is -0.000000700. The molecule has 0 atom stereocenters. The summed E-state index contributed by atoms with van der Waals surface area (Å²) in [6.07, 6.45) is 0. The fourth-order valence-corrected chi connectivity index (χ4v) is 37.0. The first-order chi connectivity index (χ1) is 49.8. The van der Waals surface area contributed by atoms with Gasteiger partial charge in [0.15, 0.2) is 23.6 Å². The number of halogens is 22. The Labute approximate surface area is 718 Å². The number of ether oxygens (including phenoxy) is 2. The van der Waals surface area contributed by atoms with Crippen molar-refractivity contribution in [3.63, 3.8) is 0 Å². The van der Waals surface area contributed by atoms with Gasteiger partial charge >= 0.3 is 166 Å². The second kappa shape index (κ2) is 54.3. The molecule has 0 radical (unpaired) electrons. The first-order valence-electron chi connectivity index (χ1n) is 32.5. The maximum Gasteiger partial charge on any atom is 1.00 e. The molecule has 10 rings (SSSR count). The van der Waals surface area contributed by atoms with Crippen molar-refractivity contribution in [2.75, 3.05) is 60.7 Å². The molecule has 0 bridgehead atoms. The topological polar surface area (TPSA) is 84.5 Å². The molecule has 4 nitrogen and oxygen atoms in total. The number of hydrogen-bond donors (Lipinski definition) is 0. The molecule has 638 valence electrons. The van der Waals surface area contributed by atoms with Crippen molar-refractivity contribution in [2.24, 2.45) is 0 Å². The van der Waals surface area contributed by atoms with Crippen molar-refractivity contribution in [3.8, 4) is 0 Å². The van der Waals surface area contributed by atoms with Crippen molar-refractivity contribution < 1.29 is 163 Å². The second-order valence-corrected chi connectivity index (χ2v) is 47.2. The fraction of sp³-hybridized carbons (Fsp3) is 0.189. The minimum atomic E-state index is -10.7. The van der Waals surface area contributed by atoms with E-state index in [0.717, 1.165) is 26.4 Å². The Kier molecular flexibility index (Phi) is 56.4. The molecule has 10 aromatic rings. The predicted octanol–water partition coefficient (Wildman–Crippen LogP) is 25.6. The van der Waals surface area contributed by atoms with Crippen molar-refractivity contribution in [2.45, 2.75) is 27.7 Å². The molecule has 0 aliphatic heterocycles. The molecule has 0 aliphatic carbocycles. The zero-order valence-electron chi connectivity index (χ0n) is 60.5. The maximum absolute atomic E-state index is 10.7. The summed E-state index contributed by atoms with van der Waals surface area (Å²) in [4.78, 5) is 0. The third-order valence-corrected chi connectivity index (χ3v) is 36.7. The van der Waals surface area contributed by atoms with Crippen LogP contribution in [0.5, 0.6) is 0 Å². The van der Waals surface area contributed by atoms with E-state index in [1.807, 2.05) is 27.7 Å². The standard InChI is InChI=1S/2C32H29P3.2C4H10O.2CH2Cl2.2Ag.Au.3F6P.2H2O/c2*1-6-16-28(17-7-1)33(26-34(29-18-8-2-9-19-29)30-20-10-3-11-21-30)27-35(31-22-12-4-13-23-31)32-24-14-5-15-25-32;2*1-3-5-4-2;2*2-1-3;;;;3*1-7(2,3,4,5)6;;/h2*1-25H,26-27H2;2*3-4H2,1-2H3;2*1H2;;;;;;;2*1H2/q;;;;;;3*+1;3*-1;;/p+8. The summed E-state index contributed by atoms with van der Waals surface area (Å²) >= 11 is 19.1. The zero-order chi connectivity index (χ0) is 80.3. The van der Waals surface area contributed by atoms with Gasteiger partial charge in [-0.2, -0.15) is 0 Å². The van der Waals surface area contributed by atoms with E-state index >= 15 is 0 Å². The van der Waals surface area contributed by atoms with E-state index in [9.17, 15) is 75.5 Å². The van der Waals surface area contributed by atoms with Crippen molar-refractivity contribution in [1.29, 1.82) is 0 Å². The molecule has 38 heteroatoms. The molecule has 0 fully saturated rings. The number of hydrogen-bond acceptors (Lipinski definition) is 2. The molecule has 0 amide bonds. The van der Waals surface area contributed by atoms with Gasteiger partial charge in [0.1, 0.15) is 90.0 Å². The van der Waals surface area contributed by atoms with Gasteiger partial charge in [0, 0.05) is 26.4 Å².